The minimum atomic E-state index is 0.987. The minimum Gasteiger partial charge on any atom is -0.373 e. The van der Waals surface area contributed by atoms with Crippen molar-refractivity contribution in [3.8, 4) is 0 Å². The third-order valence-electron chi connectivity index (χ3n) is 2.95. The average molecular weight is 229 g/mol. The monoisotopic (exact) mass is 229 g/mol. The van der Waals surface area contributed by atoms with Crippen LogP contribution in [0.25, 0.3) is 10.9 Å². The number of rotatable bonds is 4. The van der Waals surface area contributed by atoms with Crippen molar-refractivity contribution in [2.75, 3.05) is 32.1 Å². The molecule has 0 aliphatic heterocycles. The van der Waals surface area contributed by atoms with Crippen LogP contribution in [0.4, 0.5) is 5.69 Å². The third kappa shape index (κ3) is 2.74. The van der Waals surface area contributed by atoms with E-state index >= 15 is 0 Å². The zero-order valence-corrected chi connectivity index (χ0v) is 10.7. The maximum atomic E-state index is 4.51. The highest BCUT2D eigenvalue weighted by molar-refractivity contribution is 5.82. The summed E-state index contributed by atoms with van der Waals surface area (Å²) in [6.07, 6.45) is 0. The van der Waals surface area contributed by atoms with Crippen LogP contribution in [-0.2, 0) is 0 Å². The fraction of sp³-hybridized carbons (Fsp3) is 0.357. The Morgan fingerprint density at radius 1 is 1.24 bits per heavy atom. The highest BCUT2D eigenvalue weighted by Crippen LogP contribution is 2.20. The van der Waals surface area contributed by atoms with E-state index in [9.17, 15) is 0 Å². The molecule has 0 spiro atoms. The molecule has 3 nitrogen and oxygen atoms in total. The largest absolute Gasteiger partial charge is 0.373 e. The number of benzene rings is 1. The number of fused-ring (bicyclic) bond motifs is 1. The second-order valence-corrected chi connectivity index (χ2v) is 4.35. The van der Waals surface area contributed by atoms with Crippen LogP contribution in [0.3, 0.4) is 0 Å². The predicted octanol–water partition coefficient (Wildman–Crippen LogP) is 2.20. The van der Waals surface area contributed by atoms with E-state index in [2.05, 4.69) is 52.6 Å². The maximum absolute atomic E-state index is 4.51. The summed E-state index contributed by atoms with van der Waals surface area (Å²) in [5, 5.41) is 4.36. The number of hydrogen-bond donors (Lipinski definition) is 1. The molecule has 0 radical (unpaired) electrons. The van der Waals surface area contributed by atoms with Crippen LogP contribution < -0.4 is 10.2 Å². The first-order valence-electron chi connectivity index (χ1n) is 5.94. The number of likely N-dealkylation sites (N-methyl/N-ethyl adjacent to an activating group) is 2. The molecule has 1 aromatic carbocycles. The lowest BCUT2D eigenvalue weighted by atomic mass is 10.1. The third-order valence-corrected chi connectivity index (χ3v) is 2.95. The van der Waals surface area contributed by atoms with Crippen molar-refractivity contribution < 1.29 is 0 Å². The molecular weight excluding hydrogens is 210 g/mol. The van der Waals surface area contributed by atoms with Gasteiger partial charge in [-0.3, -0.25) is 4.98 Å². The normalized spacial score (nSPS) is 10.8. The van der Waals surface area contributed by atoms with Crippen LogP contribution >= 0.6 is 0 Å². The number of pyridine rings is 1. The van der Waals surface area contributed by atoms with Crippen molar-refractivity contribution in [1.82, 2.24) is 10.3 Å². The molecule has 0 fully saturated rings. The summed E-state index contributed by atoms with van der Waals surface area (Å²) in [6.45, 7) is 4.01. The van der Waals surface area contributed by atoms with E-state index in [4.69, 9.17) is 0 Å². The molecule has 0 bridgehead atoms. The second-order valence-electron chi connectivity index (χ2n) is 4.35. The van der Waals surface area contributed by atoms with E-state index in [1.54, 1.807) is 0 Å². The van der Waals surface area contributed by atoms with E-state index < -0.39 is 0 Å². The smallest absolute Gasteiger partial charge is 0.0706 e. The molecule has 1 N–H and O–H groups in total. The Hall–Kier alpha value is -1.61. The van der Waals surface area contributed by atoms with Crippen molar-refractivity contribution in [2.45, 2.75) is 6.92 Å². The van der Waals surface area contributed by atoms with Crippen LogP contribution in [0.2, 0.25) is 0 Å². The molecule has 90 valence electrons. The Kier molecular flexibility index (Phi) is 3.59. The fourth-order valence-electron chi connectivity index (χ4n) is 1.86. The zero-order valence-electron chi connectivity index (χ0n) is 10.7. The second kappa shape index (κ2) is 5.15. The lowest BCUT2D eigenvalue weighted by Gasteiger charge is -2.19. The average Bonchev–Trinajstić information content (AvgIpc) is 2.35. The van der Waals surface area contributed by atoms with Gasteiger partial charge in [0.2, 0.25) is 0 Å². The van der Waals surface area contributed by atoms with E-state index in [0.29, 0.717) is 0 Å². The lowest BCUT2D eigenvalue weighted by Crippen LogP contribution is -2.26. The first-order chi connectivity index (χ1) is 8.20. The molecule has 3 heteroatoms. The molecule has 0 saturated heterocycles. The number of hydrogen-bond acceptors (Lipinski definition) is 3. The van der Waals surface area contributed by atoms with Crippen LogP contribution in [-0.4, -0.2) is 32.2 Å². The number of nitrogens with zero attached hydrogens (tertiary/aromatic N) is 2. The summed E-state index contributed by atoms with van der Waals surface area (Å²) in [5.74, 6) is 0. The summed E-state index contributed by atoms with van der Waals surface area (Å²) in [5.41, 5.74) is 3.36. The van der Waals surface area contributed by atoms with Gasteiger partial charge in [-0.05, 0) is 38.2 Å². The molecule has 0 aliphatic carbocycles. The molecule has 0 unspecified atom stereocenters. The zero-order chi connectivity index (χ0) is 12.3. The molecule has 1 aromatic heterocycles. The number of anilines is 1. The van der Waals surface area contributed by atoms with Gasteiger partial charge in [0.15, 0.2) is 0 Å². The summed E-state index contributed by atoms with van der Waals surface area (Å²) in [6, 6.07) is 10.6. The quantitative estimate of drug-likeness (QED) is 0.871. The van der Waals surface area contributed by atoms with Crippen molar-refractivity contribution in [1.29, 1.82) is 0 Å². The first kappa shape index (κ1) is 11.9. The summed E-state index contributed by atoms with van der Waals surface area (Å²) >= 11 is 0. The van der Waals surface area contributed by atoms with Gasteiger partial charge in [-0.1, -0.05) is 6.07 Å². The first-order valence-corrected chi connectivity index (χ1v) is 5.94. The lowest BCUT2D eigenvalue weighted by molar-refractivity contribution is 0.768. The maximum Gasteiger partial charge on any atom is 0.0706 e. The minimum absolute atomic E-state index is 0.987. The van der Waals surface area contributed by atoms with Gasteiger partial charge in [-0.25, -0.2) is 0 Å². The van der Waals surface area contributed by atoms with Crippen molar-refractivity contribution in [3.05, 3.63) is 36.0 Å². The fourth-order valence-corrected chi connectivity index (χ4v) is 1.86. The Bertz CT molecular complexity index is 508. The summed E-state index contributed by atoms with van der Waals surface area (Å²) < 4.78 is 0. The van der Waals surface area contributed by atoms with Crippen molar-refractivity contribution >= 4 is 16.6 Å². The van der Waals surface area contributed by atoms with Gasteiger partial charge in [0.25, 0.3) is 0 Å². The van der Waals surface area contributed by atoms with Gasteiger partial charge in [0, 0.05) is 36.9 Å². The van der Waals surface area contributed by atoms with E-state index in [1.165, 1.54) is 11.1 Å². The van der Waals surface area contributed by atoms with Gasteiger partial charge in [0.1, 0.15) is 0 Å². The van der Waals surface area contributed by atoms with E-state index in [1.807, 2.05) is 14.0 Å². The van der Waals surface area contributed by atoms with Crippen LogP contribution in [0.1, 0.15) is 5.69 Å². The van der Waals surface area contributed by atoms with E-state index in [0.717, 1.165) is 24.3 Å². The van der Waals surface area contributed by atoms with Gasteiger partial charge < -0.3 is 10.2 Å². The molecule has 1 heterocycles. The van der Waals surface area contributed by atoms with Crippen LogP contribution in [0, 0.1) is 6.92 Å². The molecule has 0 aliphatic rings. The van der Waals surface area contributed by atoms with Gasteiger partial charge in [-0.15, -0.1) is 0 Å². The number of aromatic nitrogens is 1. The Labute approximate surface area is 102 Å². The number of aryl methyl sites for hydroxylation is 1. The molecule has 2 aromatic rings. The van der Waals surface area contributed by atoms with Gasteiger partial charge >= 0.3 is 0 Å². The molecule has 0 atom stereocenters. The Morgan fingerprint density at radius 2 is 2.06 bits per heavy atom. The Morgan fingerprint density at radius 3 is 2.82 bits per heavy atom. The molecular formula is C14H19N3. The van der Waals surface area contributed by atoms with Crippen molar-refractivity contribution in [2.24, 2.45) is 0 Å². The van der Waals surface area contributed by atoms with Crippen molar-refractivity contribution in [3.63, 3.8) is 0 Å². The summed E-state index contributed by atoms with van der Waals surface area (Å²) in [7, 11) is 4.08. The highest BCUT2D eigenvalue weighted by atomic mass is 15.1. The van der Waals surface area contributed by atoms with Crippen LogP contribution in [0.15, 0.2) is 30.3 Å². The molecule has 0 amide bonds. The van der Waals surface area contributed by atoms with Gasteiger partial charge in [-0.2, -0.15) is 0 Å². The topological polar surface area (TPSA) is 28.2 Å². The standard InChI is InChI=1S/C14H19N3/c1-11-4-5-12-10-13(6-7-14(12)16-11)17(3)9-8-15-2/h4-7,10,15H,8-9H2,1-3H3. The molecule has 2 rings (SSSR count). The predicted molar refractivity (Wildman–Crippen MR) is 73.7 cm³/mol. The Balaban J connectivity index is 2.28. The SMILES string of the molecule is CNCCN(C)c1ccc2nc(C)ccc2c1. The number of nitrogens with one attached hydrogen (secondary N) is 1. The highest BCUT2D eigenvalue weighted by Gasteiger charge is 2.02. The summed E-state index contributed by atoms with van der Waals surface area (Å²) in [4.78, 5) is 6.75. The van der Waals surface area contributed by atoms with Gasteiger partial charge in [0.05, 0.1) is 5.52 Å². The van der Waals surface area contributed by atoms with E-state index in [-0.39, 0.29) is 0 Å². The van der Waals surface area contributed by atoms with Crippen LogP contribution in [0.5, 0.6) is 0 Å². The molecule has 0 saturated carbocycles. The molecule has 17 heavy (non-hydrogen) atoms.